The van der Waals surface area contributed by atoms with E-state index >= 15 is 0 Å². The van der Waals surface area contributed by atoms with Gasteiger partial charge in [0, 0.05) is 23.3 Å². The SMILES string of the molecule is CCOC(=O)c1cc(-c2ccc([N+](=O)[O-])cc2)oc1-c1ccccc1. The first kappa shape index (κ1) is 16.4. The number of nitro groups is 1. The van der Waals surface area contributed by atoms with Crippen LogP contribution in [0.15, 0.2) is 65.1 Å². The summed E-state index contributed by atoms with van der Waals surface area (Å²) >= 11 is 0. The van der Waals surface area contributed by atoms with Crippen molar-refractivity contribution in [2.24, 2.45) is 0 Å². The van der Waals surface area contributed by atoms with E-state index in [2.05, 4.69) is 0 Å². The number of hydrogen-bond donors (Lipinski definition) is 0. The molecule has 1 aromatic heterocycles. The summed E-state index contributed by atoms with van der Waals surface area (Å²) < 4.78 is 11.0. The van der Waals surface area contributed by atoms with Gasteiger partial charge >= 0.3 is 5.97 Å². The minimum atomic E-state index is -0.474. The first-order valence-corrected chi connectivity index (χ1v) is 7.71. The second kappa shape index (κ2) is 7.00. The Kier molecular flexibility index (Phi) is 4.61. The van der Waals surface area contributed by atoms with Crippen LogP contribution in [0.25, 0.3) is 22.6 Å². The van der Waals surface area contributed by atoms with E-state index in [0.717, 1.165) is 5.56 Å². The van der Waals surface area contributed by atoms with Gasteiger partial charge in [-0.3, -0.25) is 10.1 Å². The monoisotopic (exact) mass is 337 g/mol. The van der Waals surface area contributed by atoms with Crippen LogP contribution in [0.2, 0.25) is 0 Å². The van der Waals surface area contributed by atoms with Crippen molar-refractivity contribution in [1.82, 2.24) is 0 Å². The predicted molar refractivity (Wildman–Crippen MR) is 92.2 cm³/mol. The van der Waals surface area contributed by atoms with E-state index in [1.165, 1.54) is 12.1 Å². The van der Waals surface area contributed by atoms with Gasteiger partial charge in [0.05, 0.1) is 11.5 Å². The third-order valence-electron chi connectivity index (χ3n) is 3.63. The van der Waals surface area contributed by atoms with Gasteiger partial charge in [0.15, 0.2) is 0 Å². The van der Waals surface area contributed by atoms with Crippen molar-refractivity contribution in [3.05, 3.63) is 76.3 Å². The van der Waals surface area contributed by atoms with Crippen LogP contribution in [0.4, 0.5) is 5.69 Å². The number of furan rings is 1. The Bertz CT molecular complexity index is 897. The van der Waals surface area contributed by atoms with Crippen LogP contribution in [0.5, 0.6) is 0 Å². The molecule has 0 aliphatic heterocycles. The van der Waals surface area contributed by atoms with Crippen LogP contribution in [-0.4, -0.2) is 17.5 Å². The van der Waals surface area contributed by atoms with Crippen molar-refractivity contribution < 1.29 is 18.9 Å². The highest BCUT2D eigenvalue weighted by Gasteiger charge is 2.21. The molecule has 2 aromatic carbocycles. The molecule has 25 heavy (non-hydrogen) atoms. The fourth-order valence-corrected chi connectivity index (χ4v) is 2.45. The molecular formula is C19H15NO5. The van der Waals surface area contributed by atoms with Crippen molar-refractivity contribution in [3.63, 3.8) is 0 Å². The zero-order valence-corrected chi connectivity index (χ0v) is 13.5. The average molecular weight is 337 g/mol. The number of benzene rings is 2. The third-order valence-corrected chi connectivity index (χ3v) is 3.63. The average Bonchev–Trinajstić information content (AvgIpc) is 3.08. The molecule has 126 valence electrons. The van der Waals surface area contributed by atoms with Gasteiger partial charge in [-0.1, -0.05) is 30.3 Å². The zero-order valence-electron chi connectivity index (χ0n) is 13.5. The van der Waals surface area contributed by atoms with E-state index < -0.39 is 10.9 Å². The largest absolute Gasteiger partial charge is 0.462 e. The molecule has 0 amide bonds. The number of nitro benzene ring substituents is 1. The van der Waals surface area contributed by atoms with Gasteiger partial charge in [-0.2, -0.15) is 0 Å². The summed E-state index contributed by atoms with van der Waals surface area (Å²) in [6, 6.07) is 16.8. The molecule has 6 heteroatoms. The maximum absolute atomic E-state index is 12.3. The molecule has 3 rings (SSSR count). The molecule has 3 aromatic rings. The van der Waals surface area contributed by atoms with Gasteiger partial charge in [0.1, 0.15) is 17.1 Å². The molecule has 0 aliphatic carbocycles. The molecule has 0 spiro atoms. The van der Waals surface area contributed by atoms with Crippen LogP contribution < -0.4 is 0 Å². The number of hydrogen-bond acceptors (Lipinski definition) is 5. The van der Waals surface area contributed by atoms with Gasteiger partial charge in [-0.25, -0.2) is 4.79 Å². The van der Waals surface area contributed by atoms with Gasteiger partial charge in [-0.05, 0) is 25.1 Å². The minimum absolute atomic E-state index is 0.01000. The second-order valence-electron chi connectivity index (χ2n) is 5.24. The first-order chi connectivity index (χ1) is 12.1. The molecule has 0 unspecified atom stereocenters. The van der Waals surface area contributed by atoms with Crippen LogP contribution >= 0.6 is 0 Å². The molecule has 0 bridgehead atoms. The number of nitrogens with zero attached hydrogens (tertiary/aromatic N) is 1. The number of carbonyl (C=O) groups is 1. The lowest BCUT2D eigenvalue weighted by atomic mass is 10.1. The summed E-state index contributed by atoms with van der Waals surface area (Å²) in [5.41, 5.74) is 1.70. The Hall–Kier alpha value is -3.41. The van der Waals surface area contributed by atoms with E-state index in [4.69, 9.17) is 9.15 Å². The van der Waals surface area contributed by atoms with Gasteiger partial charge in [-0.15, -0.1) is 0 Å². The number of ether oxygens (including phenoxy) is 1. The summed E-state index contributed by atoms with van der Waals surface area (Å²) in [5.74, 6) is 0.377. The standard InChI is InChI=1S/C19H15NO5/c1-2-24-19(21)16-12-17(13-8-10-15(11-9-13)20(22)23)25-18(16)14-6-4-3-5-7-14/h3-12H,2H2,1H3. The highest BCUT2D eigenvalue weighted by Crippen LogP contribution is 2.33. The van der Waals surface area contributed by atoms with Crippen molar-refractivity contribution >= 4 is 11.7 Å². The molecule has 0 saturated heterocycles. The highest BCUT2D eigenvalue weighted by atomic mass is 16.6. The highest BCUT2D eigenvalue weighted by molar-refractivity contribution is 5.97. The van der Waals surface area contributed by atoms with Crippen LogP contribution in [0.3, 0.4) is 0 Å². The molecule has 6 nitrogen and oxygen atoms in total. The summed E-state index contributed by atoms with van der Waals surface area (Å²) in [4.78, 5) is 22.6. The lowest BCUT2D eigenvalue weighted by molar-refractivity contribution is -0.384. The lowest BCUT2D eigenvalue weighted by Crippen LogP contribution is -2.04. The number of carbonyl (C=O) groups excluding carboxylic acids is 1. The predicted octanol–water partition coefficient (Wildman–Crippen LogP) is 4.70. The normalized spacial score (nSPS) is 10.4. The Balaban J connectivity index is 2.06. The van der Waals surface area contributed by atoms with Gasteiger partial charge in [0.25, 0.3) is 5.69 Å². The van der Waals surface area contributed by atoms with E-state index in [0.29, 0.717) is 22.6 Å². The van der Waals surface area contributed by atoms with Crippen molar-refractivity contribution in [2.45, 2.75) is 6.92 Å². The zero-order chi connectivity index (χ0) is 17.8. The van der Waals surface area contributed by atoms with E-state index in [9.17, 15) is 14.9 Å². The van der Waals surface area contributed by atoms with Gasteiger partial charge < -0.3 is 9.15 Å². The molecule has 0 aliphatic rings. The topological polar surface area (TPSA) is 82.6 Å². The number of non-ortho nitro benzene ring substituents is 1. The quantitative estimate of drug-likeness (QED) is 0.383. The van der Waals surface area contributed by atoms with Crippen LogP contribution in [0.1, 0.15) is 17.3 Å². The fourth-order valence-electron chi connectivity index (χ4n) is 2.45. The Morgan fingerprint density at radius 1 is 1.08 bits per heavy atom. The molecule has 0 radical (unpaired) electrons. The molecule has 0 atom stereocenters. The summed E-state index contributed by atoms with van der Waals surface area (Å²) in [6.45, 7) is 1.99. The van der Waals surface area contributed by atoms with E-state index in [-0.39, 0.29) is 12.3 Å². The molecule has 0 saturated carbocycles. The summed E-state index contributed by atoms with van der Waals surface area (Å²) in [5, 5.41) is 10.8. The van der Waals surface area contributed by atoms with E-state index in [1.807, 2.05) is 30.3 Å². The van der Waals surface area contributed by atoms with Crippen molar-refractivity contribution in [1.29, 1.82) is 0 Å². The lowest BCUT2D eigenvalue weighted by Gasteiger charge is -2.02. The van der Waals surface area contributed by atoms with Crippen molar-refractivity contribution in [2.75, 3.05) is 6.61 Å². The Morgan fingerprint density at radius 2 is 1.76 bits per heavy atom. The summed E-state index contributed by atoms with van der Waals surface area (Å²) in [7, 11) is 0. The third kappa shape index (κ3) is 3.42. The van der Waals surface area contributed by atoms with Crippen molar-refractivity contribution in [3.8, 4) is 22.6 Å². The maximum Gasteiger partial charge on any atom is 0.342 e. The Labute approximate surface area is 143 Å². The molecule has 0 fully saturated rings. The molecule has 0 N–H and O–H groups in total. The van der Waals surface area contributed by atoms with Crippen LogP contribution in [0, 0.1) is 10.1 Å². The number of esters is 1. The maximum atomic E-state index is 12.3. The Morgan fingerprint density at radius 3 is 2.36 bits per heavy atom. The smallest absolute Gasteiger partial charge is 0.342 e. The molecular weight excluding hydrogens is 322 g/mol. The second-order valence-corrected chi connectivity index (χ2v) is 5.24. The minimum Gasteiger partial charge on any atom is -0.462 e. The number of rotatable bonds is 5. The molecule has 1 heterocycles. The first-order valence-electron chi connectivity index (χ1n) is 7.71. The fraction of sp³-hybridized carbons (Fsp3) is 0.105. The van der Waals surface area contributed by atoms with E-state index in [1.54, 1.807) is 25.1 Å². The summed E-state index contributed by atoms with van der Waals surface area (Å²) in [6.07, 6.45) is 0. The van der Waals surface area contributed by atoms with Crippen LogP contribution in [-0.2, 0) is 4.74 Å². The van der Waals surface area contributed by atoms with Gasteiger partial charge in [0.2, 0.25) is 0 Å².